The highest BCUT2D eigenvalue weighted by Crippen LogP contribution is 2.16. The molecule has 0 fully saturated rings. The molecule has 0 radical (unpaired) electrons. The topological polar surface area (TPSA) is 29.3 Å². The van der Waals surface area contributed by atoms with Crippen LogP contribution in [0.5, 0.6) is 0 Å². The van der Waals surface area contributed by atoms with Crippen LogP contribution in [0.2, 0.25) is 0 Å². The van der Waals surface area contributed by atoms with Crippen molar-refractivity contribution in [3.8, 4) is 0 Å². The lowest BCUT2D eigenvalue weighted by molar-refractivity contribution is 0.201. The first-order valence-corrected chi connectivity index (χ1v) is 15.1. The van der Waals surface area contributed by atoms with Gasteiger partial charge in [0.05, 0.1) is 0 Å². The molecule has 2 heteroatoms. The standard InChI is InChI=1S/C28H60N2.C2H6/c1-5-7-9-11-13-15-17-19-21-23-27(3)25-30(29)26-28(4)24-22-20-18-16-14-12-10-8-6-2;1-2/h27-28H,5-26,29H2,1-4H3;1-2H3. The Morgan fingerprint density at radius 1 is 0.469 bits per heavy atom. The summed E-state index contributed by atoms with van der Waals surface area (Å²) in [4.78, 5) is 0. The zero-order valence-corrected chi connectivity index (χ0v) is 23.7. The first kappa shape index (κ1) is 34.1. The van der Waals surface area contributed by atoms with Gasteiger partial charge in [0.25, 0.3) is 0 Å². The Hall–Kier alpha value is -0.0800. The van der Waals surface area contributed by atoms with E-state index in [9.17, 15) is 0 Å². The lowest BCUT2D eigenvalue weighted by Crippen LogP contribution is -2.38. The SMILES string of the molecule is CC.CCCCCCCCCCCC(C)CN(N)CC(C)CCCCCCCCCCC. The minimum Gasteiger partial charge on any atom is -0.269 e. The van der Waals surface area contributed by atoms with Crippen LogP contribution < -0.4 is 5.84 Å². The number of nitrogens with zero attached hydrogens (tertiary/aromatic N) is 1. The Labute approximate surface area is 205 Å². The van der Waals surface area contributed by atoms with Crippen LogP contribution in [0.15, 0.2) is 0 Å². The van der Waals surface area contributed by atoms with Crippen molar-refractivity contribution >= 4 is 0 Å². The Morgan fingerprint density at radius 3 is 1.00 bits per heavy atom. The number of hydrazine groups is 1. The van der Waals surface area contributed by atoms with Crippen molar-refractivity contribution in [3.05, 3.63) is 0 Å². The van der Waals surface area contributed by atoms with Gasteiger partial charge in [0.2, 0.25) is 0 Å². The summed E-state index contributed by atoms with van der Waals surface area (Å²) in [6.45, 7) is 15.5. The smallest absolute Gasteiger partial charge is 0.0154 e. The lowest BCUT2D eigenvalue weighted by Gasteiger charge is -2.24. The van der Waals surface area contributed by atoms with Crippen LogP contribution in [0.25, 0.3) is 0 Å². The van der Waals surface area contributed by atoms with E-state index in [-0.39, 0.29) is 0 Å². The van der Waals surface area contributed by atoms with Gasteiger partial charge in [0, 0.05) is 13.1 Å². The van der Waals surface area contributed by atoms with Crippen LogP contribution in [0.4, 0.5) is 0 Å². The van der Waals surface area contributed by atoms with Gasteiger partial charge in [-0.15, -0.1) is 0 Å². The second-order valence-corrected chi connectivity index (χ2v) is 10.4. The number of hydrogen-bond acceptors (Lipinski definition) is 2. The summed E-state index contributed by atoms with van der Waals surface area (Å²) >= 11 is 0. The molecule has 2 atom stereocenters. The summed E-state index contributed by atoms with van der Waals surface area (Å²) in [6, 6.07) is 0. The van der Waals surface area contributed by atoms with Crippen LogP contribution in [-0.4, -0.2) is 18.1 Å². The van der Waals surface area contributed by atoms with E-state index in [0.717, 1.165) is 24.9 Å². The van der Waals surface area contributed by atoms with Gasteiger partial charge >= 0.3 is 0 Å². The van der Waals surface area contributed by atoms with Gasteiger partial charge in [-0.25, -0.2) is 5.01 Å². The highest BCUT2D eigenvalue weighted by molar-refractivity contribution is 4.63. The van der Waals surface area contributed by atoms with E-state index < -0.39 is 0 Å². The van der Waals surface area contributed by atoms with E-state index in [1.165, 1.54) is 128 Å². The van der Waals surface area contributed by atoms with Crippen molar-refractivity contribution in [1.29, 1.82) is 0 Å². The zero-order chi connectivity index (χ0) is 24.3. The largest absolute Gasteiger partial charge is 0.269 e. The molecule has 2 unspecified atom stereocenters. The van der Waals surface area contributed by atoms with E-state index in [1.54, 1.807) is 0 Å². The van der Waals surface area contributed by atoms with E-state index in [1.807, 2.05) is 13.8 Å². The van der Waals surface area contributed by atoms with Gasteiger partial charge in [-0.3, -0.25) is 5.84 Å². The molecule has 0 aliphatic heterocycles. The molecule has 0 aliphatic carbocycles. The molecule has 0 rings (SSSR count). The van der Waals surface area contributed by atoms with Crippen molar-refractivity contribution < 1.29 is 0 Å². The Morgan fingerprint density at radius 2 is 0.719 bits per heavy atom. The van der Waals surface area contributed by atoms with Crippen molar-refractivity contribution in [2.24, 2.45) is 17.7 Å². The molecular weight excluding hydrogens is 388 g/mol. The number of rotatable bonds is 24. The van der Waals surface area contributed by atoms with Crippen LogP contribution in [0, 0.1) is 11.8 Å². The summed E-state index contributed by atoms with van der Waals surface area (Å²) in [5.41, 5.74) is 0. The van der Waals surface area contributed by atoms with E-state index in [0.29, 0.717) is 0 Å². The number of unbranched alkanes of at least 4 members (excludes halogenated alkanes) is 16. The predicted molar refractivity (Wildman–Crippen MR) is 149 cm³/mol. The Balaban J connectivity index is 0. The third-order valence-corrected chi connectivity index (χ3v) is 6.69. The fraction of sp³-hybridized carbons (Fsp3) is 1.00. The third-order valence-electron chi connectivity index (χ3n) is 6.69. The molecule has 0 aliphatic rings. The molecule has 0 aromatic rings. The second kappa shape index (κ2) is 29.0. The average molecular weight is 455 g/mol. The van der Waals surface area contributed by atoms with Gasteiger partial charge in [0.15, 0.2) is 0 Å². The molecule has 0 saturated heterocycles. The fourth-order valence-corrected chi connectivity index (χ4v) is 4.66. The number of hydrogen-bond donors (Lipinski definition) is 1. The summed E-state index contributed by atoms with van der Waals surface area (Å²) in [5.74, 6) is 7.80. The highest BCUT2D eigenvalue weighted by Gasteiger charge is 2.10. The third kappa shape index (κ3) is 28.0. The molecule has 0 saturated carbocycles. The molecule has 0 spiro atoms. The summed E-state index contributed by atoms with van der Waals surface area (Å²) < 4.78 is 0. The van der Waals surface area contributed by atoms with Crippen LogP contribution >= 0.6 is 0 Å². The van der Waals surface area contributed by atoms with E-state index in [4.69, 9.17) is 5.84 Å². The van der Waals surface area contributed by atoms with Crippen molar-refractivity contribution in [2.45, 2.75) is 170 Å². The van der Waals surface area contributed by atoms with Crippen LogP contribution in [0.3, 0.4) is 0 Å². The van der Waals surface area contributed by atoms with Gasteiger partial charge < -0.3 is 0 Å². The molecule has 196 valence electrons. The van der Waals surface area contributed by atoms with Gasteiger partial charge in [-0.05, 0) is 24.7 Å². The normalized spacial score (nSPS) is 13.1. The summed E-state index contributed by atoms with van der Waals surface area (Å²) in [6.07, 6.45) is 28.3. The van der Waals surface area contributed by atoms with E-state index in [2.05, 4.69) is 32.7 Å². The van der Waals surface area contributed by atoms with Gasteiger partial charge in [-0.1, -0.05) is 157 Å². The predicted octanol–water partition coefficient (Wildman–Crippen LogP) is 10.3. The summed E-state index contributed by atoms with van der Waals surface area (Å²) in [7, 11) is 0. The van der Waals surface area contributed by atoms with Crippen molar-refractivity contribution in [3.63, 3.8) is 0 Å². The highest BCUT2D eigenvalue weighted by atomic mass is 15.4. The molecule has 2 N–H and O–H groups in total. The molecule has 0 aromatic carbocycles. The molecule has 32 heavy (non-hydrogen) atoms. The molecular formula is C30H66N2. The number of nitrogens with two attached hydrogens (primary N) is 1. The second-order valence-electron chi connectivity index (χ2n) is 10.4. The zero-order valence-electron chi connectivity index (χ0n) is 23.7. The maximum atomic E-state index is 6.33. The fourth-order valence-electron chi connectivity index (χ4n) is 4.66. The van der Waals surface area contributed by atoms with Gasteiger partial charge in [0.1, 0.15) is 0 Å². The molecule has 0 amide bonds. The van der Waals surface area contributed by atoms with Crippen molar-refractivity contribution in [2.75, 3.05) is 13.1 Å². The average Bonchev–Trinajstić information content (AvgIpc) is 2.78. The molecule has 0 heterocycles. The molecule has 2 nitrogen and oxygen atoms in total. The Kier molecular flexibility index (Phi) is 30.8. The minimum absolute atomic E-state index is 0.736. The summed E-state index contributed by atoms with van der Waals surface area (Å²) in [5, 5.41) is 2.11. The molecule has 0 aromatic heterocycles. The maximum Gasteiger partial charge on any atom is 0.0154 e. The quantitative estimate of drug-likeness (QED) is 0.0892. The first-order chi connectivity index (χ1) is 15.6. The Bertz CT molecular complexity index is 288. The van der Waals surface area contributed by atoms with Crippen LogP contribution in [0.1, 0.15) is 170 Å². The maximum absolute atomic E-state index is 6.33. The monoisotopic (exact) mass is 455 g/mol. The molecule has 0 bridgehead atoms. The first-order valence-electron chi connectivity index (χ1n) is 15.1. The lowest BCUT2D eigenvalue weighted by atomic mass is 9.99. The minimum atomic E-state index is 0.736. The van der Waals surface area contributed by atoms with Crippen molar-refractivity contribution in [1.82, 2.24) is 5.01 Å². The van der Waals surface area contributed by atoms with E-state index >= 15 is 0 Å². The van der Waals surface area contributed by atoms with Gasteiger partial charge in [-0.2, -0.15) is 0 Å². The van der Waals surface area contributed by atoms with Crippen LogP contribution in [-0.2, 0) is 0 Å².